The Morgan fingerprint density at radius 2 is 1.65 bits per heavy atom. The van der Waals surface area contributed by atoms with Crippen LogP contribution in [0.25, 0.3) is 11.1 Å². The van der Waals surface area contributed by atoms with Crippen molar-refractivity contribution in [1.29, 1.82) is 0 Å². The standard InChI is InChI=1S/C27H32N2O5/c1-18(2)29(15-7-12-25(31)32)24(30)16-27(13-14-27)28-26(33)34-17-23-21-10-5-3-8-19(21)20-9-4-6-11-22(20)23/h3-6,8-11,18,23H,7,12-17H2,1-2H3,(H,28,33)(H,31,32). The van der Waals surface area contributed by atoms with Gasteiger partial charge in [-0.1, -0.05) is 48.5 Å². The highest BCUT2D eigenvalue weighted by molar-refractivity contribution is 5.81. The van der Waals surface area contributed by atoms with Gasteiger partial charge in [-0.3, -0.25) is 9.59 Å². The van der Waals surface area contributed by atoms with Gasteiger partial charge in [0.15, 0.2) is 0 Å². The topological polar surface area (TPSA) is 95.9 Å². The lowest BCUT2D eigenvalue weighted by Crippen LogP contribution is -2.45. The summed E-state index contributed by atoms with van der Waals surface area (Å²) in [7, 11) is 0. The Hall–Kier alpha value is -3.35. The van der Waals surface area contributed by atoms with Crippen LogP contribution in [0.1, 0.15) is 63.0 Å². The smallest absolute Gasteiger partial charge is 0.407 e. The largest absolute Gasteiger partial charge is 0.481 e. The number of hydrogen-bond acceptors (Lipinski definition) is 4. The lowest BCUT2D eigenvalue weighted by Gasteiger charge is -2.29. The fourth-order valence-electron chi connectivity index (χ4n) is 4.81. The van der Waals surface area contributed by atoms with Gasteiger partial charge in [0, 0.05) is 24.9 Å². The van der Waals surface area contributed by atoms with E-state index in [4.69, 9.17) is 9.84 Å². The Bertz CT molecular complexity index is 1030. The minimum absolute atomic E-state index is 0.0133. The van der Waals surface area contributed by atoms with Crippen LogP contribution in [-0.2, 0) is 14.3 Å². The maximum absolute atomic E-state index is 12.9. The van der Waals surface area contributed by atoms with Gasteiger partial charge in [-0.2, -0.15) is 0 Å². The molecule has 0 aromatic heterocycles. The summed E-state index contributed by atoms with van der Waals surface area (Å²) in [5.74, 6) is -0.954. The molecule has 0 heterocycles. The first-order chi connectivity index (χ1) is 16.3. The van der Waals surface area contributed by atoms with E-state index < -0.39 is 17.6 Å². The zero-order valence-corrected chi connectivity index (χ0v) is 19.8. The van der Waals surface area contributed by atoms with Gasteiger partial charge >= 0.3 is 12.1 Å². The van der Waals surface area contributed by atoms with Crippen LogP contribution in [0.3, 0.4) is 0 Å². The maximum Gasteiger partial charge on any atom is 0.407 e. The number of ether oxygens (including phenoxy) is 1. The molecule has 2 N–H and O–H groups in total. The first-order valence-electron chi connectivity index (χ1n) is 11.9. The van der Waals surface area contributed by atoms with Crippen LogP contribution in [0, 0.1) is 0 Å². The molecule has 0 saturated heterocycles. The van der Waals surface area contributed by atoms with Crippen molar-refractivity contribution in [3.8, 4) is 11.1 Å². The predicted molar refractivity (Wildman–Crippen MR) is 129 cm³/mol. The fourth-order valence-corrected chi connectivity index (χ4v) is 4.81. The number of benzene rings is 2. The number of aliphatic carboxylic acids is 1. The minimum Gasteiger partial charge on any atom is -0.481 e. The van der Waals surface area contributed by atoms with Crippen LogP contribution in [-0.4, -0.2) is 52.7 Å². The van der Waals surface area contributed by atoms with Gasteiger partial charge in [-0.15, -0.1) is 0 Å². The summed E-state index contributed by atoms with van der Waals surface area (Å²) < 4.78 is 5.66. The van der Waals surface area contributed by atoms with Crippen molar-refractivity contribution < 1.29 is 24.2 Å². The molecule has 0 radical (unpaired) electrons. The van der Waals surface area contributed by atoms with Crippen LogP contribution in [0.15, 0.2) is 48.5 Å². The van der Waals surface area contributed by atoms with Crippen LogP contribution in [0.2, 0.25) is 0 Å². The zero-order valence-electron chi connectivity index (χ0n) is 19.8. The highest BCUT2D eigenvalue weighted by atomic mass is 16.5. The molecule has 2 aliphatic carbocycles. The molecule has 180 valence electrons. The lowest BCUT2D eigenvalue weighted by molar-refractivity contribution is -0.138. The van der Waals surface area contributed by atoms with E-state index in [2.05, 4.69) is 29.6 Å². The second kappa shape index (κ2) is 9.87. The van der Waals surface area contributed by atoms with Crippen LogP contribution < -0.4 is 5.32 Å². The molecule has 0 spiro atoms. The molecule has 4 rings (SSSR count). The van der Waals surface area contributed by atoms with Crippen molar-refractivity contribution in [2.24, 2.45) is 0 Å². The van der Waals surface area contributed by atoms with E-state index in [1.54, 1.807) is 4.90 Å². The predicted octanol–water partition coefficient (Wildman–Crippen LogP) is 4.55. The Balaban J connectivity index is 1.33. The van der Waals surface area contributed by atoms with E-state index in [0.29, 0.717) is 13.0 Å². The number of alkyl carbamates (subject to hydrolysis) is 1. The van der Waals surface area contributed by atoms with Crippen LogP contribution in [0.5, 0.6) is 0 Å². The third kappa shape index (κ3) is 5.24. The van der Waals surface area contributed by atoms with Gasteiger partial charge in [0.1, 0.15) is 6.61 Å². The Kier molecular flexibility index (Phi) is 6.91. The molecule has 1 saturated carbocycles. The van der Waals surface area contributed by atoms with Crippen LogP contribution in [0.4, 0.5) is 4.79 Å². The van der Waals surface area contributed by atoms with Gasteiger partial charge in [0.25, 0.3) is 0 Å². The molecule has 34 heavy (non-hydrogen) atoms. The molecule has 2 aromatic carbocycles. The van der Waals surface area contributed by atoms with Crippen molar-refractivity contribution in [3.63, 3.8) is 0 Å². The number of carboxylic acids is 1. The Labute approximate surface area is 200 Å². The highest BCUT2D eigenvalue weighted by Crippen LogP contribution is 2.44. The summed E-state index contributed by atoms with van der Waals surface area (Å²) >= 11 is 0. The number of carboxylic acid groups (broad SMARTS) is 1. The van der Waals surface area contributed by atoms with Crippen molar-refractivity contribution in [2.75, 3.05) is 13.2 Å². The third-order valence-electron chi connectivity index (χ3n) is 6.79. The first-order valence-corrected chi connectivity index (χ1v) is 11.9. The van der Waals surface area contributed by atoms with Gasteiger partial charge in [-0.05, 0) is 55.4 Å². The van der Waals surface area contributed by atoms with Gasteiger partial charge in [0.05, 0.1) is 12.0 Å². The number of rotatable bonds is 10. The fraction of sp³-hybridized carbons (Fsp3) is 0.444. The first kappa shape index (κ1) is 23.8. The number of hydrogen-bond donors (Lipinski definition) is 2. The second-order valence-electron chi connectivity index (χ2n) is 9.59. The van der Waals surface area contributed by atoms with E-state index in [1.807, 2.05) is 38.1 Å². The number of amides is 2. The molecule has 0 atom stereocenters. The van der Waals surface area contributed by atoms with Gasteiger partial charge in [0.2, 0.25) is 5.91 Å². The molecule has 2 aliphatic rings. The minimum atomic E-state index is -0.869. The van der Waals surface area contributed by atoms with Crippen molar-refractivity contribution in [2.45, 2.75) is 63.5 Å². The van der Waals surface area contributed by atoms with Crippen molar-refractivity contribution >= 4 is 18.0 Å². The summed E-state index contributed by atoms with van der Waals surface area (Å²) in [6.45, 7) is 4.45. The normalized spacial score (nSPS) is 15.4. The number of carbonyl (C=O) groups is 3. The summed E-state index contributed by atoms with van der Waals surface area (Å²) in [6.07, 6.45) is 1.58. The van der Waals surface area contributed by atoms with E-state index in [1.165, 1.54) is 11.1 Å². The summed E-state index contributed by atoms with van der Waals surface area (Å²) in [4.78, 5) is 38.1. The summed E-state index contributed by atoms with van der Waals surface area (Å²) in [5, 5.41) is 11.8. The van der Waals surface area contributed by atoms with Crippen LogP contribution >= 0.6 is 0 Å². The number of nitrogens with zero attached hydrogens (tertiary/aromatic N) is 1. The second-order valence-corrected chi connectivity index (χ2v) is 9.59. The average Bonchev–Trinajstić information content (AvgIpc) is 3.46. The molecule has 7 heteroatoms. The number of carbonyl (C=O) groups excluding carboxylic acids is 2. The molecule has 0 bridgehead atoms. The van der Waals surface area contributed by atoms with Crippen molar-refractivity contribution in [3.05, 3.63) is 59.7 Å². The molecule has 0 aliphatic heterocycles. The average molecular weight is 465 g/mol. The number of fused-ring (bicyclic) bond motifs is 3. The van der Waals surface area contributed by atoms with E-state index >= 15 is 0 Å². The highest BCUT2D eigenvalue weighted by Gasteiger charge is 2.47. The van der Waals surface area contributed by atoms with E-state index in [-0.39, 0.29) is 37.3 Å². The van der Waals surface area contributed by atoms with Gasteiger partial charge < -0.3 is 20.1 Å². The molecule has 7 nitrogen and oxygen atoms in total. The van der Waals surface area contributed by atoms with E-state index in [9.17, 15) is 14.4 Å². The Morgan fingerprint density at radius 1 is 1.06 bits per heavy atom. The van der Waals surface area contributed by atoms with Crippen molar-refractivity contribution in [1.82, 2.24) is 10.2 Å². The molecular weight excluding hydrogens is 432 g/mol. The van der Waals surface area contributed by atoms with E-state index in [0.717, 1.165) is 24.0 Å². The number of nitrogens with one attached hydrogen (secondary N) is 1. The quantitative estimate of drug-likeness (QED) is 0.538. The molecule has 2 amide bonds. The SMILES string of the molecule is CC(C)N(CCCC(=O)O)C(=O)CC1(NC(=O)OCC2c3ccccc3-c3ccccc32)CC1. The molecule has 1 fully saturated rings. The monoisotopic (exact) mass is 464 g/mol. The maximum atomic E-state index is 12.9. The lowest BCUT2D eigenvalue weighted by atomic mass is 9.98. The Morgan fingerprint density at radius 3 is 2.18 bits per heavy atom. The van der Waals surface area contributed by atoms with Gasteiger partial charge in [-0.25, -0.2) is 4.79 Å². The zero-order chi connectivity index (χ0) is 24.3. The molecule has 2 aromatic rings. The molecular formula is C27H32N2O5. The summed E-state index contributed by atoms with van der Waals surface area (Å²) in [6, 6.07) is 16.3. The molecule has 0 unspecified atom stereocenters. The summed E-state index contributed by atoms with van der Waals surface area (Å²) in [5.41, 5.74) is 4.09. The third-order valence-corrected chi connectivity index (χ3v) is 6.79.